The van der Waals surface area contributed by atoms with E-state index >= 15 is 0 Å². The van der Waals surface area contributed by atoms with Gasteiger partial charge in [0.2, 0.25) is 0 Å². The fourth-order valence-electron chi connectivity index (χ4n) is 0. The maximum absolute atomic E-state index is 8.54. The quantitative estimate of drug-likeness (QED) is 0.300. The molecule has 0 aliphatic rings. The summed E-state index contributed by atoms with van der Waals surface area (Å²) in [5.74, 6) is 0. The van der Waals surface area contributed by atoms with Gasteiger partial charge in [-0.3, -0.25) is 0 Å². The van der Waals surface area contributed by atoms with Gasteiger partial charge in [0.25, 0.3) is 0 Å². The Hall–Kier alpha value is 1.78. The van der Waals surface area contributed by atoms with E-state index in [4.69, 9.17) is 36.6 Å². The molecule has 0 aliphatic carbocycles. The first kappa shape index (κ1) is 29.7. The van der Waals surface area contributed by atoms with Crippen LogP contribution in [0.3, 0.4) is 0 Å². The molecule has 0 aromatic rings. The topological polar surface area (TPSA) is 190 Å². The summed E-state index contributed by atoms with van der Waals surface area (Å²) in [7, 11) is 0. The van der Waals surface area contributed by atoms with Crippen LogP contribution in [0.5, 0.6) is 0 Å². The van der Waals surface area contributed by atoms with E-state index in [1.165, 1.54) is 0 Å². The average Bonchev–Trinajstić information content (AvgIpc) is 1.54. The zero-order valence-corrected chi connectivity index (χ0v) is 13.4. The molecular weight excluding hydrogens is 485 g/mol. The Morgan fingerprint density at radius 1 is 0.500 bits per heavy atom. The Kier molecular flexibility index (Phi) is 51.2. The normalized spacial score (nSPS) is 7.50. The second-order valence-corrected chi connectivity index (χ2v) is 3.18. The van der Waals surface area contributed by atoms with Crippen LogP contribution in [0.15, 0.2) is 0 Å². The van der Waals surface area contributed by atoms with Crippen molar-refractivity contribution in [3.63, 3.8) is 0 Å². The minimum Gasteiger partial charge on any atom is 3.00 e. The van der Waals surface area contributed by atoms with Crippen LogP contribution in [0.25, 0.3) is 0 Å². The Labute approximate surface area is 114 Å². The summed E-state index contributed by atoms with van der Waals surface area (Å²) in [6.45, 7) is 0. The number of rotatable bonds is 0. The van der Waals surface area contributed by atoms with E-state index in [2.05, 4.69) is 0 Å². The molecule has 9 nitrogen and oxygen atoms in total. The second-order valence-electron chi connectivity index (χ2n) is 0.612. The van der Waals surface area contributed by atoms with Gasteiger partial charge in [0, 0.05) is 0 Å². The first-order valence-corrected chi connectivity index (χ1v) is 7.79. The van der Waals surface area contributed by atoms with Gasteiger partial charge in [-0.25, -0.2) is 0 Å². The van der Waals surface area contributed by atoms with E-state index in [-0.39, 0.29) is 34.7 Å². The van der Waals surface area contributed by atoms with E-state index in [0.29, 0.717) is 0 Å². The monoisotopic (exact) mass is 488 g/mol. The first-order valence-electron chi connectivity index (χ1n) is 1.50. The summed E-state index contributed by atoms with van der Waals surface area (Å²) in [6, 6.07) is 0. The summed E-state index contributed by atoms with van der Waals surface area (Å²) in [6.07, 6.45) is 0. The van der Waals surface area contributed by atoms with Crippen LogP contribution in [0.4, 0.5) is 0 Å². The van der Waals surface area contributed by atoms with Crippen molar-refractivity contribution in [1.82, 2.24) is 0 Å². The van der Waals surface area contributed by atoms with E-state index in [0.717, 1.165) is 0 Å². The predicted molar refractivity (Wildman–Crippen MR) is 19.3 cm³/mol. The largest absolute Gasteiger partial charge is 3.00 e. The van der Waals surface area contributed by atoms with Crippen LogP contribution in [-0.4, -0.2) is 43.5 Å². The minimum absolute atomic E-state index is 0. The summed E-state index contributed by atoms with van der Waals surface area (Å²) < 4.78 is 76.9. The van der Waals surface area contributed by atoms with Gasteiger partial charge in [-0.1, -0.05) is 0 Å². The second kappa shape index (κ2) is 24.2. The van der Waals surface area contributed by atoms with Crippen molar-refractivity contribution in [2.75, 3.05) is 0 Å². The first-order chi connectivity index (χ1) is 5.20. The molecular formula is Cr2O9Se3. The van der Waals surface area contributed by atoms with Crippen molar-refractivity contribution < 1.29 is 71.4 Å². The van der Waals surface area contributed by atoms with E-state index in [1.807, 2.05) is 0 Å². The zero-order chi connectivity index (χ0) is 10.7. The van der Waals surface area contributed by atoms with Gasteiger partial charge in [-0.05, 0) is 0 Å². The molecule has 84 valence electrons. The van der Waals surface area contributed by atoms with Crippen LogP contribution in [-0.2, 0) is 46.2 Å². The van der Waals surface area contributed by atoms with E-state index in [1.54, 1.807) is 0 Å². The third kappa shape index (κ3) is 708. The Morgan fingerprint density at radius 3 is 0.500 bits per heavy atom. The van der Waals surface area contributed by atoms with Gasteiger partial charge in [-0.2, -0.15) is 0 Å². The van der Waals surface area contributed by atoms with Gasteiger partial charge < -0.3 is 0 Å². The van der Waals surface area contributed by atoms with Crippen molar-refractivity contribution in [3.8, 4) is 0 Å². The van der Waals surface area contributed by atoms with Crippen LogP contribution in [0.1, 0.15) is 0 Å². The van der Waals surface area contributed by atoms with Crippen molar-refractivity contribution in [1.29, 1.82) is 0 Å². The van der Waals surface area contributed by atoms with Crippen molar-refractivity contribution in [3.05, 3.63) is 0 Å². The summed E-state index contributed by atoms with van der Waals surface area (Å²) in [5.41, 5.74) is 0. The average molecular weight is 485 g/mol. The zero-order valence-electron chi connectivity index (χ0n) is 5.72. The summed E-state index contributed by atoms with van der Waals surface area (Å²) >= 11 is -11.4. The van der Waals surface area contributed by atoms with E-state index < -0.39 is 43.5 Å². The SMILES string of the molecule is O=[Se]([O-])[O-].O=[Se]([O-])[O-].O=[Se]([O-])[O-].[Cr+3].[Cr+3]. The van der Waals surface area contributed by atoms with Gasteiger partial charge in [0.1, 0.15) is 0 Å². The van der Waals surface area contributed by atoms with Gasteiger partial charge in [0.05, 0.1) is 0 Å². The smallest absolute Gasteiger partial charge is 3.00 e. The molecule has 0 unspecified atom stereocenters. The Morgan fingerprint density at radius 2 is 0.500 bits per heavy atom. The molecule has 0 heterocycles. The van der Waals surface area contributed by atoms with Crippen molar-refractivity contribution in [2.45, 2.75) is 0 Å². The predicted octanol–water partition coefficient (Wildman–Crippen LogP) is -8.64. The number of hydrogen-bond acceptors (Lipinski definition) is 9. The van der Waals surface area contributed by atoms with Crippen LogP contribution < -0.4 is 25.1 Å². The fraction of sp³-hybridized carbons (Fsp3) is 0. The molecule has 2 radical (unpaired) electrons. The summed E-state index contributed by atoms with van der Waals surface area (Å²) in [4.78, 5) is 0. The van der Waals surface area contributed by atoms with Crippen LogP contribution in [0.2, 0.25) is 0 Å². The molecule has 0 N–H and O–H groups in total. The molecule has 0 spiro atoms. The molecule has 0 aromatic carbocycles. The molecule has 0 amide bonds. The maximum atomic E-state index is 8.54. The molecule has 0 bridgehead atoms. The molecule has 0 rings (SSSR count). The minimum atomic E-state index is -3.79. The van der Waals surface area contributed by atoms with Gasteiger partial charge >= 0.3 is 115 Å². The van der Waals surface area contributed by atoms with E-state index in [9.17, 15) is 0 Å². The van der Waals surface area contributed by atoms with Gasteiger partial charge in [-0.15, -0.1) is 0 Å². The molecule has 0 saturated carbocycles. The number of hydrogen-bond donors (Lipinski definition) is 0. The Bertz CT molecular complexity index is 116. The standard InChI is InChI=1S/2Cr.3H2O3Se/c;;3*1-4(2)3/h;;3*(H2,1,2,3)/q2*+3;;;/p-6. The molecule has 14 heavy (non-hydrogen) atoms. The summed E-state index contributed by atoms with van der Waals surface area (Å²) in [5, 5.41) is 0. The molecule has 0 aromatic heterocycles. The Balaban J connectivity index is -0.0000000270. The third-order valence-corrected chi connectivity index (χ3v) is 0. The third-order valence-electron chi connectivity index (χ3n) is 0. The molecule has 0 fully saturated rings. The molecule has 0 atom stereocenters. The van der Waals surface area contributed by atoms with Crippen molar-refractivity contribution >= 4 is 43.5 Å². The maximum Gasteiger partial charge on any atom is 3.00 e. The molecule has 0 aliphatic heterocycles. The van der Waals surface area contributed by atoms with Crippen molar-refractivity contribution in [2.24, 2.45) is 0 Å². The fourth-order valence-corrected chi connectivity index (χ4v) is 0. The van der Waals surface area contributed by atoms with Gasteiger partial charge in [0.15, 0.2) is 0 Å². The van der Waals surface area contributed by atoms with Crippen LogP contribution in [0, 0.1) is 0 Å². The van der Waals surface area contributed by atoms with Crippen LogP contribution >= 0.6 is 0 Å². The molecule has 14 heteroatoms. The molecule has 0 saturated heterocycles.